The molecule has 2 aliphatic heterocycles. The number of carbonyl (C=O) groups excluding carboxylic acids is 1. The Morgan fingerprint density at radius 3 is 2.39 bits per heavy atom. The van der Waals surface area contributed by atoms with E-state index in [0.29, 0.717) is 51.6 Å². The maximum atomic E-state index is 12.8. The fourth-order valence-electron chi connectivity index (χ4n) is 4.17. The summed E-state index contributed by atoms with van der Waals surface area (Å²) in [5.74, 6) is -0.0876. The van der Waals surface area contributed by atoms with Crippen LogP contribution in [-0.2, 0) is 38.2 Å². The average Bonchev–Trinajstić information content (AvgIpc) is 2.84. The van der Waals surface area contributed by atoms with Gasteiger partial charge in [-0.3, -0.25) is 0 Å². The molecular formula is C24H31N3O5S. The summed E-state index contributed by atoms with van der Waals surface area (Å²) in [7, 11) is -3.44. The molecule has 0 bridgehead atoms. The summed E-state index contributed by atoms with van der Waals surface area (Å²) in [6.45, 7) is 3.42. The van der Waals surface area contributed by atoms with Gasteiger partial charge in [0, 0.05) is 39.1 Å². The number of carbonyl (C=O) groups is 1. The first kappa shape index (κ1) is 23.7. The highest BCUT2D eigenvalue weighted by Crippen LogP contribution is 2.17. The van der Waals surface area contributed by atoms with Gasteiger partial charge in [-0.2, -0.15) is 4.31 Å². The molecule has 2 aliphatic rings. The van der Waals surface area contributed by atoms with Gasteiger partial charge >= 0.3 is 6.03 Å². The molecule has 9 heteroatoms. The van der Waals surface area contributed by atoms with Crippen LogP contribution in [0.15, 0.2) is 54.6 Å². The highest BCUT2D eigenvalue weighted by Gasteiger charge is 2.26. The second-order valence-corrected chi connectivity index (χ2v) is 10.3. The molecule has 178 valence electrons. The zero-order chi connectivity index (χ0) is 23.1. The molecule has 1 atom stereocenters. The van der Waals surface area contributed by atoms with Gasteiger partial charge in [0.2, 0.25) is 10.0 Å². The van der Waals surface area contributed by atoms with E-state index in [-0.39, 0.29) is 24.4 Å². The number of hydrogen-bond donors (Lipinski definition) is 1. The molecule has 0 saturated carbocycles. The summed E-state index contributed by atoms with van der Waals surface area (Å²) >= 11 is 0. The number of sulfonamides is 1. The van der Waals surface area contributed by atoms with E-state index >= 15 is 0 Å². The van der Waals surface area contributed by atoms with Crippen LogP contribution >= 0.6 is 0 Å². The van der Waals surface area contributed by atoms with Gasteiger partial charge in [0.05, 0.1) is 31.7 Å². The molecular weight excluding hydrogens is 442 g/mol. The van der Waals surface area contributed by atoms with Gasteiger partial charge in [-0.1, -0.05) is 54.6 Å². The van der Waals surface area contributed by atoms with Crippen molar-refractivity contribution in [3.05, 3.63) is 71.3 Å². The second-order valence-electron chi connectivity index (χ2n) is 8.32. The predicted octanol–water partition coefficient (Wildman–Crippen LogP) is 2.00. The van der Waals surface area contributed by atoms with Crippen LogP contribution in [0.3, 0.4) is 0 Å². The lowest BCUT2D eigenvalue weighted by molar-refractivity contribution is -0.0133. The number of nitrogens with zero attached hydrogens (tertiary/aromatic N) is 2. The van der Waals surface area contributed by atoms with Crippen molar-refractivity contribution in [1.29, 1.82) is 0 Å². The van der Waals surface area contributed by atoms with Crippen LogP contribution in [0.2, 0.25) is 0 Å². The molecule has 2 saturated heterocycles. The van der Waals surface area contributed by atoms with E-state index in [2.05, 4.69) is 17.4 Å². The fraction of sp³-hybridized carbons (Fsp3) is 0.458. The third-order valence-electron chi connectivity index (χ3n) is 5.98. The molecule has 0 radical (unpaired) electrons. The van der Waals surface area contributed by atoms with E-state index < -0.39 is 10.0 Å². The lowest BCUT2D eigenvalue weighted by atomic mass is 10.1. The minimum atomic E-state index is -3.44. The third kappa shape index (κ3) is 6.54. The topological polar surface area (TPSA) is 88.2 Å². The van der Waals surface area contributed by atoms with Crippen LogP contribution in [0, 0.1) is 0 Å². The number of ether oxygens (including phenoxy) is 2. The van der Waals surface area contributed by atoms with Crippen LogP contribution in [0.4, 0.5) is 4.79 Å². The zero-order valence-corrected chi connectivity index (χ0v) is 19.5. The van der Waals surface area contributed by atoms with Gasteiger partial charge in [-0.15, -0.1) is 0 Å². The van der Waals surface area contributed by atoms with Crippen molar-refractivity contribution in [2.24, 2.45) is 0 Å². The number of morpholine rings is 2. The number of nitrogens with one attached hydrogen (secondary N) is 1. The summed E-state index contributed by atoms with van der Waals surface area (Å²) in [4.78, 5) is 14.6. The van der Waals surface area contributed by atoms with E-state index in [0.717, 1.165) is 12.0 Å². The second kappa shape index (κ2) is 11.1. The van der Waals surface area contributed by atoms with Crippen molar-refractivity contribution in [2.45, 2.75) is 24.8 Å². The Balaban J connectivity index is 1.33. The smallest absolute Gasteiger partial charge is 0.317 e. The molecule has 1 unspecified atom stereocenters. The Morgan fingerprint density at radius 1 is 0.939 bits per heavy atom. The summed E-state index contributed by atoms with van der Waals surface area (Å²) < 4.78 is 38.3. The van der Waals surface area contributed by atoms with Gasteiger partial charge in [-0.25, -0.2) is 13.2 Å². The molecule has 1 N–H and O–H groups in total. The number of urea groups is 1. The SMILES string of the molecule is O=C(NCc1ccccc1CS(=O)(=O)N1CCOCC1)N1CCOC(Cc2ccccc2)C1. The first-order valence-corrected chi connectivity index (χ1v) is 12.9. The lowest BCUT2D eigenvalue weighted by Crippen LogP contribution is -2.50. The van der Waals surface area contributed by atoms with Crippen LogP contribution < -0.4 is 5.32 Å². The molecule has 33 heavy (non-hydrogen) atoms. The molecule has 0 aromatic heterocycles. The van der Waals surface area contributed by atoms with Crippen LogP contribution in [0.5, 0.6) is 0 Å². The minimum absolute atomic E-state index is 0.0437. The molecule has 2 aromatic rings. The van der Waals surface area contributed by atoms with Crippen LogP contribution in [-0.4, -0.2) is 75.8 Å². The quantitative estimate of drug-likeness (QED) is 0.665. The van der Waals surface area contributed by atoms with Gasteiger partial charge in [0.1, 0.15) is 0 Å². The molecule has 2 heterocycles. The largest absolute Gasteiger partial charge is 0.379 e. The number of benzene rings is 2. The molecule has 4 rings (SSSR count). The Kier molecular flexibility index (Phi) is 7.97. The fourth-order valence-corrected chi connectivity index (χ4v) is 5.73. The number of amides is 2. The summed E-state index contributed by atoms with van der Waals surface area (Å²) in [5.41, 5.74) is 2.69. The Hall–Kier alpha value is -2.46. The van der Waals surface area contributed by atoms with Crippen molar-refractivity contribution in [3.8, 4) is 0 Å². The number of hydrogen-bond acceptors (Lipinski definition) is 5. The first-order valence-electron chi connectivity index (χ1n) is 11.3. The van der Waals surface area contributed by atoms with Crippen molar-refractivity contribution in [3.63, 3.8) is 0 Å². The average molecular weight is 474 g/mol. The number of rotatable bonds is 7. The van der Waals surface area contributed by atoms with Gasteiger partial charge in [0.15, 0.2) is 0 Å². The van der Waals surface area contributed by atoms with Crippen molar-refractivity contribution in [2.75, 3.05) is 46.0 Å². The zero-order valence-electron chi connectivity index (χ0n) is 18.7. The Bertz CT molecular complexity index is 1030. The van der Waals surface area contributed by atoms with E-state index in [9.17, 15) is 13.2 Å². The first-order chi connectivity index (χ1) is 16.0. The summed E-state index contributed by atoms with van der Waals surface area (Å²) in [6, 6.07) is 17.3. The minimum Gasteiger partial charge on any atom is -0.379 e. The predicted molar refractivity (Wildman–Crippen MR) is 125 cm³/mol. The molecule has 0 aliphatic carbocycles. The third-order valence-corrected chi connectivity index (χ3v) is 7.81. The monoisotopic (exact) mass is 473 g/mol. The van der Waals surface area contributed by atoms with Crippen LogP contribution in [0.25, 0.3) is 0 Å². The standard InChI is InChI=1S/C24H31N3O5S/c28-24(26-10-15-32-23(18-26)16-20-6-2-1-3-7-20)25-17-21-8-4-5-9-22(21)19-33(29,30)27-11-13-31-14-12-27/h1-9,23H,10-19H2,(H,25,28). The maximum absolute atomic E-state index is 12.8. The highest BCUT2D eigenvalue weighted by molar-refractivity contribution is 7.88. The summed E-state index contributed by atoms with van der Waals surface area (Å²) in [5, 5.41) is 2.96. The van der Waals surface area contributed by atoms with Gasteiger partial charge in [-0.05, 0) is 16.7 Å². The molecule has 2 fully saturated rings. The van der Waals surface area contributed by atoms with Crippen molar-refractivity contribution >= 4 is 16.1 Å². The molecule has 2 aromatic carbocycles. The van der Waals surface area contributed by atoms with E-state index in [1.165, 1.54) is 9.87 Å². The van der Waals surface area contributed by atoms with Crippen molar-refractivity contribution < 1.29 is 22.7 Å². The van der Waals surface area contributed by atoms with E-state index in [1.807, 2.05) is 42.5 Å². The van der Waals surface area contributed by atoms with Gasteiger partial charge in [0.25, 0.3) is 0 Å². The van der Waals surface area contributed by atoms with E-state index in [4.69, 9.17) is 9.47 Å². The Labute approximate surface area is 195 Å². The molecule has 2 amide bonds. The highest BCUT2D eigenvalue weighted by atomic mass is 32.2. The van der Waals surface area contributed by atoms with E-state index in [1.54, 1.807) is 4.90 Å². The van der Waals surface area contributed by atoms with Crippen LogP contribution in [0.1, 0.15) is 16.7 Å². The molecule has 8 nitrogen and oxygen atoms in total. The lowest BCUT2D eigenvalue weighted by Gasteiger charge is -2.33. The summed E-state index contributed by atoms with van der Waals surface area (Å²) in [6.07, 6.45) is 0.713. The molecule has 0 spiro atoms. The normalized spacial score (nSPS) is 19.9. The van der Waals surface area contributed by atoms with Gasteiger partial charge < -0.3 is 19.7 Å². The van der Waals surface area contributed by atoms with Crippen molar-refractivity contribution in [1.82, 2.24) is 14.5 Å². The Morgan fingerprint density at radius 2 is 1.64 bits per heavy atom. The maximum Gasteiger partial charge on any atom is 0.317 e.